The molecule has 3 nitrogen and oxygen atoms in total. The summed E-state index contributed by atoms with van der Waals surface area (Å²) in [4.78, 5) is 12.3. The highest BCUT2D eigenvalue weighted by molar-refractivity contribution is 9.09. The predicted octanol–water partition coefficient (Wildman–Crippen LogP) is 4.12. The van der Waals surface area contributed by atoms with Crippen LogP contribution in [0.5, 0.6) is 5.75 Å². The molecular formula is C15H18BrF2NO2. The lowest BCUT2D eigenvalue weighted by molar-refractivity contribution is -0.0498. The van der Waals surface area contributed by atoms with E-state index in [1.165, 1.54) is 30.7 Å². The van der Waals surface area contributed by atoms with Gasteiger partial charge in [0.15, 0.2) is 0 Å². The fourth-order valence-electron chi connectivity index (χ4n) is 2.62. The number of benzene rings is 1. The number of hydrogen-bond donors (Lipinski definition) is 1. The van der Waals surface area contributed by atoms with Gasteiger partial charge in [0.2, 0.25) is 0 Å². The van der Waals surface area contributed by atoms with E-state index < -0.39 is 6.61 Å². The minimum Gasteiger partial charge on any atom is -0.435 e. The summed E-state index contributed by atoms with van der Waals surface area (Å²) in [7, 11) is 0. The van der Waals surface area contributed by atoms with Gasteiger partial charge < -0.3 is 10.1 Å². The topological polar surface area (TPSA) is 38.3 Å². The highest BCUT2D eigenvalue weighted by Gasteiger charge is 2.32. The first-order chi connectivity index (χ1) is 10.0. The number of carbonyl (C=O) groups is 1. The van der Waals surface area contributed by atoms with Gasteiger partial charge in [0.1, 0.15) is 5.75 Å². The van der Waals surface area contributed by atoms with Gasteiger partial charge in [-0.05, 0) is 37.1 Å². The predicted molar refractivity (Wildman–Crippen MR) is 80.2 cm³/mol. The van der Waals surface area contributed by atoms with E-state index in [9.17, 15) is 13.6 Å². The maximum absolute atomic E-state index is 12.3. The largest absolute Gasteiger partial charge is 0.435 e. The van der Waals surface area contributed by atoms with Gasteiger partial charge in [0.25, 0.3) is 5.91 Å². The van der Waals surface area contributed by atoms with Crippen molar-refractivity contribution in [3.63, 3.8) is 0 Å². The second-order valence-corrected chi connectivity index (χ2v) is 5.89. The van der Waals surface area contributed by atoms with Crippen LogP contribution in [0.2, 0.25) is 0 Å². The summed E-state index contributed by atoms with van der Waals surface area (Å²) in [6.07, 6.45) is 5.32. The van der Waals surface area contributed by atoms with E-state index in [0.29, 0.717) is 5.56 Å². The average molecular weight is 362 g/mol. The van der Waals surface area contributed by atoms with Crippen molar-refractivity contribution in [3.8, 4) is 5.75 Å². The lowest BCUT2D eigenvalue weighted by Crippen LogP contribution is -2.51. The molecule has 0 aromatic heterocycles. The Morgan fingerprint density at radius 3 is 2.38 bits per heavy atom. The van der Waals surface area contributed by atoms with Crippen LogP contribution in [0.3, 0.4) is 0 Å². The van der Waals surface area contributed by atoms with Crippen molar-refractivity contribution in [2.45, 2.75) is 44.3 Å². The highest BCUT2D eigenvalue weighted by atomic mass is 79.9. The van der Waals surface area contributed by atoms with Crippen LogP contribution in [0, 0.1) is 0 Å². The van der Waals surface area contributed by atoms with E-state index in [-0.39, 0.29) is 17.2 Å². The van der Waals surface area contributed by atoms with E-state index in [1.807, 2.05) is 0 Å². The first-order valence-corrected chi connectivity index (χ1v) is 8.10. The third kappa shape index (κ3) is 4.40. The van der Waals surface area contributed by atoms with Gasteiger partial charge in [-0.1, -0.05) is 35.2 Å². The lowest BCUT2D eigenvalue weighted by Gasteiger charge is -2.36. The molecule has 0 heterocycles. The first-order valence-electron chi connectivity index (χ1n) is 6.98. The molecule has 0 bridgehead atoms. The third-order valence-electron chi connectivity index (χ3n) is 3.79. The van der Waals surface area contributed by atoms with Crippen molar-refractivity contribution < 1.29 is 18.3 Å². The van der Waals surface area contributed by atoms with Crippen LogP contribution < -0.4 is 10.1 Å². The number of nitrogens with one attached hydrogen (secondary N) is 1. The van der Waals surface area contributed by atoms with Crippen LogP contribution in [0.25, 0.3) is 0 Å². The van der Waals surface area contributed by atoms with Crippen molar-refractivity contribution in [2.24, 2.45) is 0 Å². The quantitative estimate of drug-likeness (QED) is 0.801. The Bertz CT molecular complexity index is 473. The molecule has 1 aromatic carbocycles. The van der Waals surface area contributed by atoms with Crippen LogP contribution in [0.4, 0.5) is 8.78 Å². The zero-order chi connectivity index (χ0) is 15.3. The summed E-state index contributed by atoms with van der Waals surface area (Å²) < 4.78 is 28.4. The molecule has 0 spiro atoms. The normalized spacial score (nSPS) is 17.5. The minimum absolute atomic E-state index is 0.0504. The molecule has 116 valence electrons. The Morgan fingerprint density at radius 1 is 1.24 bits per heavy atom. The molecule has 6 heteroatoms. The summed E-state index contributed by atoms with van der Waals surface area (Å²) in [6.45, 7) is -2.86. The molecule has 0 unspecified atom stereocenters. The lowest BCUT2D eigenvalue weighted by atomic mass is 9.83. The monoisotopic (exact) mass is 361 g/mol. The molecule has 1 fully saturated rings. The number of alkyl halides is 3. The summed E-state index contributed by atoms with van der Waals surface area (Å²) >= 11 is 3.49. The van der Waals surface area contributed by atoms with Gasteiger partial charge in [-0.2, -0.15) is 8.78 Å². The van der Waals surface area contributed by atoms with E-state index >= 15 is 0 Å². The molecule has 1 aliphatic rings. The Morgan fingerprint density at radius 2 is 1.86 bits per heavy atom. The SMILES string of the molecule is O=C(NC1(CBr)CCCCC1)c1ccc(OC(F)F)cc1. The molecule has 1 aliphatic carbocycles. The Labute approximate surface area is 131 Å². The molecule has 0 saturated heterocycles. The number of ether oxygens (including phenoxy) is 1. The number of carbonyl (C=O) groups excluding carboxylic acids is 1. The molecule has 2 rings (SSSR count). The molecule has 1 amide bonds. The number of rotatable bonds is 5. The van der Waals surface area contributed by atoms with E-state index in [1.54, 1.807) is 0 Å². The van der Waals surface area contributed by atoms with Crippen LogP contribution >= 0.6 is 15.9 Å². The number of amides is 1. The minimum atomic E-state index is -2.86. The van der Waals surface area contributed by atoms with Crippen LogP contribution in [-0.4, -0.2) is 23.4 Å². The van der Waals surface area contributed by atoms with Crippen molar-refractivity contribution >= 4 is 21.8 Å². The maximum atomic E-state index is 12.3. The van der Waals surface area contributed by atoms with Gasteiger partial charge in [-0.15, -0.1) is 0 Å². The van der Waals surface area contributed by atoms with Gasteiger partial charge in [-0.25, -0.2) is 0 Å². The average Bonchev–Trinajstić information content (AvgIpc) is 2.48. The van der Waals surface area contributed by atoms with Crippen molar-refractivity contribution in [1.82, 2.24) is 5.32 Å². The summed E-state index contributed by atoms with van der Waals surface area (Å²) in [5.74, 6) is -0.130. The molecule has 0 radical (unpaired) electrons. The van der Waals surface area contributed by atoms with E-state index in [2.05, 4.69) is 26.0 Å². The van der Waals surface area contributed by atoms with Gasteiger partial charge in [0, 0.05) is 10.9 Å². The Balaban J connectivity index is 2.02. The zero-order valence-corrected chi connectivity index (χ0v) is 13.2. The highest BCUT2D eigenvalue weighted by Crippen LogP contribution is 2.30. The Kier molecular flexibility index (Phi) is 5.56. The van der Waals surface area contributed by atoms with Crippen LogP contribution in [0.15, 0.2) is 24.3 Å². The summed E-state index contributed by atoms with van der Waals surface area (Å²) in [6, 6.07) is 5.75. The van der Waals surface area contributed by atoms with Gasteiger partial charge in [0.05, 0.1) is 5.54 Å². The molecule has 1 N–H and O–H groups in total. The molecule has 0 aliphatic heterocycles. The molecule has 1 aromatic rings. The van der Waals surface area contributed by atoms with Crippen LogP contribution in [0.1, 0.15) is 42.5 Å². The fourth-order valence-corrected chi connectivity index (χ4v) is 3.32. The fraction of sp³-hybridized carbons (Fsp3) is 0.533. The van der Waals surface area contributed by atoms with Crippen LogP contribution in [-0.2, 0) is 0 Å². The van der Waals surface area contributed by atoms with Gasteiger partial charge in [-0.3, -0.25) is 4.79 Å². The smallest absolute Gasteiger partial charge is 0.387 e. The maximum Gasteiger partial charge on any atom is 0.387 e. The number of hydrogen-bond acceptors (Lipinski definition) is 2. The van der Waals surface area contributed by atoms with Crippen molar-refractivity contribution in [2.75, 3.05) is 5.33 Å². The zero-order valence-electron chi connectivity index (χ0n) is 11.6. The molecule has 0 atom stereocenters. The number of halogens is 3. The molecule has 21 heavy (non-hydrogen) atoms. The van der Waals surface area contributed by atoms with Crippen molar-refractivity contribution in [1.29, 1.82) is 0 Å². The van der Waals surface area contributed by atoms with E-state index in [0.717, 1.165) is 31.0 Å². The summed E-state index contributed by atoms with van der Waals surface area (Å²) in [5, 5.41) is 3.80. The summed E-state index contributed by atoms with van der Waals surface area (Å²) in [5.41, 5.74) is 0.246. The van der Waals surface area contributed by atoms with Crippen molar-refractivity contribution in [3.05, 3.63) is 29.8 Å². The second kappa shape index (κ2) is 7.20. The molecule has 1 saturated carbocycles. The third-order valence-corrected chi connectivity index (χ3v) is 4.86. The Hall–Kier alpha value is -1.17. The first kappa shape index (κ1) is 16.2. The van der Waals surface area contributed by atoms with Gasteiger partial charge >= 0.3 is 6.61 Å². The standard InChI is InChI=1S/C15H18BrF2NO2/c16-10-15(8-2-1-3-9-15)19-13(20)11-4-6-12(7-5-11)21-14(17)18/h4-7,14H,1-3,8-10H2,(H,19,20). The molecular weight excluding hydrogens is 344 g/mol. The second-order valence-electron chi connectivity index (χ2n) is 5.33. The van der Waals surface area contributed by atoms with E-state index in [4.69, 9.17) is 0 Å².